The summed E-state index contributed by atoms with van der Waals surface area (Å²) in [6.07, 6.45) is 0.346. The molecule has 0 atom stereocenters. The summed E-state index contributed by atoms with van der Waals surface area (Å²) in [6, 6.07) is 6.03. The lowest BCUT2D eigenvalue weighted by Gasteiger charge is -2.01. The molecule has 0 spiro atoms. The van der Waals surface area contributed by atoms with Crippen LogP contribution in [0.15, 0.2) is 29.2 Å². The van der Waals surface area contributed by atoms with Crippen molar-refractivity contribution in [3.8, 4) is 0 Å². The number of halogens is 1. The van der Waals surface area contributed by atoms with Gasteiger partial charge in [0.1, 0.15) is 12.0 Å². The monoisotopic (exact) mass is 218 g/mol. The Balaban J connectivity index is 3.22. The highest BCUT2D eigenvalue weighted by molar-refractivity contribution is 7.92. The second-order valence-electron chi connectivity index (χ2n) is 2.38. The summed E-state index contributed by atoms with van der Waals surface area (Å²) in [5.41, 5.74) is 0. The van der Waals surface area contributed by atoms with Crippen LogP contribution in [0.2, 0.25) is 5.02 Å². The van der Waals surface area contributed by atoms with E-state index >= 15 is 0 Å². The number of benzene rings is 1. The fourth-order valence-corrected chi connectivity index (χ4v) is 2.37. The number of aldehydes is 1. The van der Waals surface area contributed by atoms with Crippen molar-refractivity contribution in [3.05, 3.63) is 29.3 Å². The van der Waals surface area contributed by atoms with E-state index in [1.807, 2.05) is 0 Å². The van der Waals surface area contributed by atoms with Gasteiger partial charge >= 0.3 is 0 Å². The smallest absolute Gasteiger partial charge is 0.186 e. The molecule has 1 aromatic carbocycles. The highest BCUT2D eigenvalue weighted by atomic mass is 35.5. The fraction of sp³-hybridized carbons (Fsp3) is 0.125. The van der Waals surface area contributed by atoms with Crippen molar-refractivity contribution >= 4 is 27.7 Å². The Hall–Kier alpha value is -0.870. The molecule has 0 saturated heterocycles. The van der Waals surface area contributed by atoms with E-state index in [1.54, 1.807) is 12.1 Å². The van der Waals surface area contributed by atoms with Crippen molar-refractivity contribution in [2.45, 2.75) is 4.90 Å². The Labute approximate surface area is 81.3 Å². The maximum Gasteiger partial charge on any atom is 0.186 e. The average Bonchev–Trinajstić information content (AvgIpc) is 2.04. The Morgan fingerprint density at radius 3 is 2.46 bits per heavy atom. The predicted octanol–water partition coefficient (Wildman–Crippen LogP) is 1.31. The quantitative estimate of drug-likeness (QED) is 0.719. The lowest BCUT2D eigenvalue weighted by molar-refractivity contribution is -0.105. The molecule has 0 unspecified atom stereocenters. The van der Waals surface area contributed by atoms with E-state index in [2.05, 4.69) is 0 Å². The number of sulfone groups is 1. The van der Waals surface area contributed by atoms with Crippen LogP contribution in [-0.2, 0) is 14.6 Å². The lowest BCUT2D eigenvalue weighted by Crippen LogP contribution is -2.07. The van der Waals surface area contributed by atoms with E-state index in [0.717, 1.165) is 0 Å². The molecule has 0 heterocycles. The minimum atomic E-state index is -3.54. The molecule has 0 aliphatic rings. The summed E-state index contributed by atoms with van der Waals surface area (Å²) in [7, 11) is -3.54. The number of carbonyl (C=O) groups excluding carboxylic acids is 1. The molecular formula is C8H7ClO3S. The molecule has 5 heteroatoms. The lowest BCUT2D eigenvalue weighted by atomic mass is 10.4. The van der Waals surface area contributed by atoms with Crippen molar-refractivity contribution in [1.29, 1.82) is 0 Å². The number of hydrogen-bond donors (Lipinski definition) is 0. The Morgan fingerprint density at radius 1 is 1.31 bits per heavy atom. The summed E-state index contributed by atoms with van der Waals surface area (Å²) < 4.78 is 22.7. The molecule has 1 aromatic rings. The molecule has 0 aliphatic heterocycles. The molecule has 1 rings (SSSR count). The standard InChI is InChI=1S/C8H7ClO3S/c9-7-3-1-2-4-8(7)13(11,12)6-5-10/h1-5H,6H2. The van der Waals surface area contributed by atoms with E-state index in [-0.39, 0.29) is 9.92 Å². The van der Waals surface area contributed by atoms with Gasteiger partial charge in [-0.15, -0.1) is 0 Å². The second kappa shape index (κ2) is 3.89. The first-order valence-corrected chi connectivity index (χ1v) is 5.52. The molecule has 0 aliphatic carbocycles. The summed E-state index contributed by atoms with van der Waals surface area (Å²) >= 11 is 5.65. The van der Waals surface area contributed by atoms with Crippen molar-refractivity contribution in [3.63, 3.8) is 0 Å². The van der Waals surface area contributed by atoms with Crippen LogP contribution in [0, 0.1) is 0 Å². The van der Waals surface area contributed by atoms with E-state index < -0.39 is 15.6 Å². The molecule has 0 N–H and O–H groups in total. The zero-order valence-electron chi connectivity index (χ0n) is 6.60. The minimum Gasteiger partial charge on any atom is -0.302 e. The van der Waals surface area contributed by atoms with Crippen molar-refractivity contribution in [2.24, 2.45) is 0 Å². The van der Waals surface area contributed by atoms with Gasteiger partial charge < -0.3 is 4.79 Å². The summed E-state index contributed by atoms with van der Waals surface area (Å²) in [5.74, 6) is -0.531. The largest absolute Gasteiger partial charge is 0.302 e. The third kappa shape index (κ3) is 2.29. The highest BCUT2D eigenvalue weighted by Gasteiger charge is 2.16. The van der Waals surface area contributed by atoms with Gasteiger partial charge in [0.25, 0.3) is 0 Å². The van der Waals surface area contributed by atoms with Crippen LogP contribution in [-0.4, -0.2) is 20.5 Å². The first-order chi connectivity index (χ1) is 6.08. The van der Waals surface area contributed by atoms with E-state index in [0.29, 0.717) is 6.29 Å². The van der Waals surface area contributed by atoms with E-state index in [1.165, 1.54) is 12.1 Å². The Morgan fingerprint density at radius 2 is 1.92 bits per heavy atom. The Bertz CT molecular complexity index is 411. The molecule has 0 fully saturated rings. The molecular weight excluding hydrogens is 212 g/mol. The predicted molar refractivity (Wildman–Crippen MR) is 49.6 cm³/mol. The van der Waals surface area contributed by atoms with Crippen molar-refractivity contribution in [1.82, 2.24) is 0 Å². The maximum atomic E-state index is 11.3. The molecule has 0 amide bonds. The molecule has 13 heavy (non-hydrogen) atoms. The Kier molecular flexibility index (Phi) is 3.06. The molecule has 0 aromatic heterocycles. The minimum absolute atomic E-state index is 0.00349. The van der Waals surface area contributed by atoms with Crippen molar-refractivity contribution < 1.29 is 13.2 Å². The zero-order chi connectivity index (χ0) is 9.90. The molecule has 0 radical (unpaired) electrons. The van der Waals surface area contributed by atoms with Crippen LogP contribution in [0.25, 0.3) is 0 Å². The topological polar surface area (TPSA) is 51.2 Å². The van der Waals surface area contributed by atoms with Gasteiger partial charge in [0.05, 0.1) is 9.92 Å². The number of hydrogen-bond acceptors (Lipinski definition) is 3. The van der Waals surface area contributed by atoms with Crippen molar-refractivity contribution in [2.75, 3.05) is 5.75 Å². The summed E-state index contributed by atoms with van der Waals surface area (Å²) in [6.45, 7) is 0. The average molecular weight is 219 g/mol. The molecule has 0 bridgehead atoms. The fourth-order valence-electron chi connectivity index (χ4n) is 0.876. The number of carbonyl (C=O) groups is 1. The van der Waals surface area contributed by atoms with Gasteiger partial charge in [-0.3, -0.25) is 0 Å². The van der Waals surface area contributed by atoms with Gasteiger partial charge in [0.2, 0.25) is 0 Å². The van der Waals surface area contributed by atoms with Crippen LogP contribution in [0.1, 0.15) is 0 Å². The molecule has 0 saturated carbocycles. The normalized spacial score (nSPS) is 11.2. The number of rotatable bonds is 3. The van der Waals surface area contributed by atoms with E-state index in [4.69, 9.17) is 11.6 Å². The van der Waals surface area contributed by atoms with Gasteiger partial charge in [-0.1, -0.05) is 23.7 Å². The maximum absolute atomic E-state index is 11.3. The first kappa shape index (κ1) is 10.2. The van der Waals surface area contributed by atoms with Gasteiger partial charge in [0, 0.05) is 0 Å². The third-order valence-corrected chi connectivity index (χ3v) is 3.50. The van der Waals surface area contributed by atoms with Gasteiger partial charge in [-0.05, 0) is 12.1 Å². The van der Waals surface area contributed by atoms with Gasteiger partial charge in [-0.2, -0.15) is 0 Å². The zero-order valence-corrected chi connectivity index (χ0v) is 8.18. The second-order valence-corrected chi connectivity index (χ2v) is 4.79. The highest BCUT2D eigenvalue weighted by Crippen LogP contribution is 2.20. The van der Waals surface area contributed by atoms with Gasteiger partial charge in [0.15, 0.2) is 9.84 Å². The van der Waals surface area contributed by atoms with E-state index in [9.17, 15) is 13.2 Å². The SMILES string of the molecule is O=CCS(=O)(=O)c1ccccc1Cl. The third-order valence-electron chi connectivity index (χ3n) is 1.46. The van der Waals surface area contributed by atoms with Crippen LogP contribution in [0.3, 0.4) is 0 Å². The summed E-state index contributed by atoms with van der Waals surface area (Å²) in [5, 5.41) is 0.143. The molecule has 3 nitrogen and oxygen atoms in total. The van der Waals surface area contributed by atoms with Crippen LogP contribution >= 0.6 is 11.6 Å². The first-order valence-electron chi connectivity index (χ1n) is 3.49. The summed E-state index contributed by atoms with van der Waals surface area (Å²) in [4.78, 5) is 10.1. The van der Waals surface area contributed by atoms with Crippen LogP contribution in [0.4, 0.5) is 0 Å². The van der Waals surface area contributed by atoms with Crippen LogP contribution < -0.4 is 0 Å². The molecule has 70 valence electrons. The van der Waals surface area contributed by atoms with Crippen LogP contribution in [0.5, 0.6) is 0 Å². The van der Waals surface area contributed by atoms with Gasteiger partial charge in [-0.25, -0.2) is 8.42 Å².